The zero-order valence-electron chi connectivity index (χ0n) is 29.8. The van der Waals surface area contributed by atoms with Crippen LogP contribution >= 0.6 is 0 Å². The highest BCUT2D eigenvalue weighted by Crippen LogP contribution is 2.22. The zero-order chi connectivity index (χ0) is 34.4. The molecule has 0 aromatic carbocycles. The van der Waals surface area contributed by atoms with E-state index in [1.54, 1.807) is 0 Å². The summed E-state index contributed by atoms with van der Waals surface area (Å²) in [6.07, 6.45) is 24.9. The first kappa shape index (κ1) is 43.7. The second-order valence-electron chi connectivity index (χ2n) is 13.0. The predicted molar refractivity (Wildman–Crippen MR) is 187 cm³/mol. The average Bonchev–Trinajstić information content (AvgIpc) is 3.07. The normalized spacial score (nSPS) is 22.4. The molecule has 1 rings (SSSR count). The van der Waals surface area contributed by atoms with Gasteiger partial charge in [0.05, 0.1) is 19.8 Å². The molecule has 6 atom stereocenters. The molecule has 276 valence electrons. The third kappa shape index (κ3) is 22.8. The molecule has 1 heterocycles. The van der Waals surface area contributed by atoms with Crippen molar-refractivity contribution in [2.45, 2.75) is 185 Å². The van der Waals surface area contributed by atoms with Gasteiger partial charge in [0.15, 0.2) is 6.29 Å². The van der Waals surface area contributed by atoms with E-state index in [0.29, 0.717) is 13.0 Å². The van der Waals surface area contributed by atoms with Gasteiger partial charge in [-0.3, -0.25) is 4.79 Å². The molecule has 1 saturated heterocycles. The Morgan fingerprint density at radius 1 is 0.681 bits per heavy atom. The molecule has 9 nitrogen and oxygen atoms in total. The van der Waals surface area contributed by atoms with E-state index in [9.17, 15) is 25.2 Å². The molecular formula is C38H70O9. The Labute approximate surface area is 286 Å². The number of unbranched alkanes of at least 4 members (excludes halogenated alkanes) is 16. The summed E-state index contributed by atoms with van der Waals surface area (Å²) in [5, 5.41) is 39.9. The van der Waals surface area contributed by atoms with Crippen LogP contribution in [-0.2, 0) is 23.7 Å². The fraction of sp³-hybridized carbons (Fsp3) is 0.868. The van der Waals surface area contributed by atoms with Gasteiger partial charge >= 0.3 is 5.97 Å². The maximum absolute atomic E-state index is 12.6. The SMILES string of the molecule is CCC/C=C\C/C=C\CCCCCCCCOCC(COC1OC(CO)C(O)C(O)C1O)OC(=O)CCCCCCCCCCCC. The lowest BCUT2D eigenvalue weighted by atomic mass is 9.99. The summed E-state index contributed by atoms with van der Waals surface area (Å²) in [5.74, 6) is -0.321. The molecule has 1 aliphatic rings. The Morgan fingerprint density at radius 2 is 1.28 bits per heavy atom. The Bertz CT molecular complexity index is 772. The smallest absolute Gasteiger partial charge is 0.306 e. The average molecular weight is 671 g/mol. The number of aliphatic hydroxyl groups is 4. The summed E-state index contributed by atoms with van der Waals surface area (Å²) in [6.45, 7) is 4.45. The van der Waals surface area contributed by atoms with Crippen molar-refractivity contribution in [3.05, 3.63) is 24.3 Å². The van der Waals surface area contributed by atoms with Crippen molar-refractivity contribution in [2.24, 2.45) is 0 Å². The molecular weight excluding hydrogens is 600 g/mol. The van der Waals surface area contributed by atoms with Crippen LogP contribution in [0.4, 0.5) is 0 Å². The molecule has 9 heteroatoms. The summed E-state index contributed by atoms with van der Waals surface area (Å²) in [6, 6.07) is 0. The minimum atomic E-state index is -1.53. The molecule has 4 N–H and O–H groups in total. The predicted octanol–water partition coefficient (Wildman–Crippen LogP) is 7.08. The molecule has 47 heavy (non-hydrogen) atoms. The van der Waals surface area contributed by atoms with Gasteiger partial charge in [-0.1, -0.05) is 128 Å². The quantitative estimate of drug-likeness (QED) is 0.0347. The number of ether oxygens (including phenoxy) is 4. The lowest BCUT2D eigenvalue weighted by Crippen LogP contribution is -2.59. The Balaban J connectivity index is 2.34. The van der Waals surface area contributed by atoms with E-state index in [2.05, 4.69) is 38.2 Å². The highest BCUT2D eigenvalue weighted by molar-refractivity contribution is 5.69. The highest BCUT2D eigenvalue weighted by atomic mass is 16.7. The van der Waals surface area contributed by atoms with Gasteiger partial charge in [0.2, 0.25) is 0 Å². The number of carbonyl (C=O) groups excluding carboxylic acids is 1. The van der Waals surface area contributed by atoms with Crippen LogP contribution in [0, 0.1) is 0 Å². The number of esters is 1. The summed E-state index contributed by atoms with van der Waals surface area (Å²) in [7, 11) is 0. The zero-order valence-corrected chi connectivity index (χ0v) is 29.8. The van der Waals surface area contributed by atoms with Crippen LogP contribution < -0.4 is 0 Å². The molecule has 1 fully saturated rings. The first-order chi connectivity index (χ1) is 22.9. The standard InChI is InChI=1S/C38H70O9/c1-3-5-7-9-11-13-15-16-17-18-20-22-24-26-28-44-30-32(31-45-38-37(43)36(42)35(41)33(29-39)47-38)46-34(40)27-25-23-21-19-14-12-10-8-6-4-2/h7,9,13,15,32-33,35-39,41-43H,3-6,8,10-12,14,16-31H2,1-2H3/b9-7-,15-13-. The molecule has 0 radical (unpaired) electrons. The van der Waals surface area contributed by atoms with Crippen LogP contribution in [0.2, 0.25) is 0 Å². The Morgan fingerprint density at radius 3 is 1.91 bits per heavy atom. The molecule has 0 amide bonds. The van der Waals surface area contributed by atoms with E-state index >= 15 is 0 Å². The third-order valence-electron chi connectivity index (χ3n) is 8.60. The van der Waals surface area contributed by atoms with Crippen molar-refractivity contribution in [1.29, 1.82) is 0 Å². The van der Waals surface area contributed by atoms with Crippen LogP contribution in [-0.4, -0.2) is 89.6 Å². The summed E-state index contributed by atoms with van der Waals surface area (Å²) in [4.78, 5) is 12.6. The van der Waals surface area contributed by atoms with E-state index in [1.165, 1.54) is 70.6 Å². The molecule has 0 bridgehead atoms. The minimum absolute atomic E-state index is 0.115. The Kier molecular flexibility index (Phi) is 28.5. The first-order valence-electron chi connectivity index (χ1n) is 18.9. The summed E-state index contributed by atoms with van der Waals surface area (Å²) < 4.78 is 22.7. The van der Waals surface area contributed by atoms with Gasteiger partial charge in [-0.25, -0.2) is 0 Å². The van der Waals surface area contributed by atoms with Gasteiger partial charge in [0.1, 0.15) is 30.5 Å². The number of hydrogen-bond acceptors (Lipinski definition) is 9. The van der Waals surface area contributed by atoms with Crippen LogP contribution in [0.15, 0.2) is 24.3 Å². The summed E-state index contributed by atoms with van der Waals surface area (Å²) in [5.41, 5.74) is 0. The maximum Gasteiger partial charge on any atom is 0.306 e. The fourth-order valence-corrected chi connectivity index (χ4v) is 5.59. The van der Waals surface area contributed by atoms with E-state index < -0.39 is 43.4 Å². The van der Waals surface area contributed by atoms with Crippen molar-refractivity contribution in [3.8, 4) is 0 Å². The number of carbonyl (C=O) groups is 1. The number of rotatable bonds is 31. The third-order valence-corrected chi connectivity index (χ3v) is 8.60. The topological polar surface area (TPSA) is 135 Å². The fourth-order valence-electron chi connectivity index (χ4n) is 5.59. The maximum atomic E-state index is 12.6. The minimum Gasteiger partial charge on any atom is -0.457 e. The number of hydrogen-bond donors (Lipinski definition) is 4. The van der Waals surface area contributed by atoms with Crippen molar-refractivity contribution in [2.75, 3.05) is 26.4 Å². The van der Waals surface area contributed by atoms with Crippen LogP contribution in [0.5, 0.6) is 0 Å². The van der Waals surface area contributed by atoms with E-state index in [4.69, 9.17) is 18.9 Å². The lowest BCUT2D eigenvalue weighted by molar-refractivity contribution is -0.305. The van der Waals surface area contributed by atoms with Gasteiger partial charge in [0.25, 0.3) is 0 Å². The monoisotopic (exact) mass is 671 g/mol. The van der Waals surface area contributed by atoms with Crippen molar-refractivity contribution in [3.63, 3.8) is 0 Å². The van der Waals surface area contributed by atoms with Gasteiger partial charge in [-0.05, 0) is 38.5 Å². The second kappa shape index (κ2) is 30.7. The van der Waals surface area contributed by atoms with Gasteiger partial charge < -0.3 is 39.4 Å². The highest BCUT2D eigenvalue weighted by Gasteiger charge is 2.44. The molecule has 0 saturated carbocycles. The molecule has 0 aromatic heterocycles. The first-order valence-corrected chi connectivity index (χ1v) is 18.9. The van der Waals surface area contributed by atoms with E-state index in [1.807, 2.05) is 0 Å². The van der Waals surface area contributed by atoms with E-state index in [-0.39, 0.29) is 19.2 Å². The van der Waals surface area contributed by atoms with Crippen molar-refractivity contribution >= 4 is 5.97 Å². The molecule has 1 aliphatic heterocycles. The molecule has 0 spiro atoms. The number of allylic oxidation sites excluding steroid dienone is 4. The van der Waals surface area contributed by atoms with Crippen LogP contribution in [0.25, 0.3) is 0 Å². The Hall–Kier alpha value is -1.33. The number of aliphatic hydroxyl groups excluding tert-OH is 4. The second-order valence-corrected chi connectivity index (χ2v) is 13.0. The largest absolute Gasteiger partial charge is 0.457 e. The van der Waals surface area contributed by atoms with Crippen molar-refractivity contribution < 1.29 is 44.2 Å². The molecule has 0 aromatic rings. The molecule has 6 unspecified atom stereocenters. The van der Waals surface area contributed by atoms with Gasteiger partial charge in [-0.15, -0.1) is 0 Å². The summed E-state index contributed by atoms with van der Waals surface area (Å²) >= 11 is 0. The van der Waals surface area contributed by atoms with Gasteiger partial charge in [0, 0.05) is 13.0 Å². The van der Waals surface area contributed by atoms with Crippen LogP contribution in [0.1, 0.15) is 149 Å². The lowest BCUT2D eigenvalue weighted by Gasteiger charge is -2.39. The van der Waals surface area contributed by atoms with Gasteiger partial charge in [-0.2, -0.15) is 0 Å². The van der Waals surface area contributed by atoms with E-state index in [0.717, 1.165) is 57.8 Å². The molecule has 0 aliphatic carbocycles. The van der Waals surface area contributed by atoms with Crippen molar-refractivity contribution in [1.82, 2.24) is 0 Å². The van der Waals surface area contributed by atoms with Crippen LogP contribution in [0.3, 0.4) is 0 Å².